The van der Waals surface area contributed by atoms with E-state index in [9.17, 15) is 9.59 Å². The molecule has 5 aromatic rings. The molecule has 2 heterocycles. The van der Waals surface area contributed by atoms with Crippen LogP contribution in [-0.2, 0) is 11.4 Å². The van der Waals surface area contributed by atoms with Crippen LogP contribution in [0, 0.1) is 0 Å². The van der Waals surface area contributed by atoms with Crippen molar-refractivity contribution in [2.24, 2.45) is 5.16 Å². The molecule has 0 radical (unpaired) electrons. The second-order valence-corrected chi connectivity index (χ2v) is 8.35. The maximum absolute atomic E-state index is 12.9. The molecule has 3 aromatic carbocycles. The number of thiophene rings is 1. The summed E-state index contributed by atoms with van der Waals surface area (Å²) in [5, 5.41) is 9.68. The summed E-state index contributed by atoms with van der Waals surface area (Å²) in [6, 6.07) is 22.4. The molecule has 0 amide bonds. The lowest BCUT2D eigenvalue weighted by molar-refractivity contribution is 0.0519. The second-order valence-electron chi connectivity index (χ2n) is 7.57. The molecule has 0 aliphatic rings. The van der Waals surface area contributed by atoms with Crippen molar-refractivity contribution >= 4 is 51.1 Å². The van der Waals surface area contributed by atoms with Gasteiger partial charge in [0.25, 0.3) is 0 Å². The standard InChI is InChI=1S/C27H20N2O3S/c1-2-29-24-10-8-18(16-28-32-27(31)19-6-4-3-5-7-19)14-22(24)23-15-20(9-11-25(23)29)26(30)21-12-13-33-17-21/h3-17H,2H2,1H3/b28-16-. The van der Waals surface area contributed by atoms with E-state index < -0.39 is 5.97 Å². The molecule has 0 aliphatic carbocycles. The SMILES string of the molecule is CCn1c2ccc(/C=N\OC(=O)c3ccccc3)cc2c2cc(C(=O)c3ccsc3)ccc21. The summed E-state index contributed by atoms with van der Waals surface area (Å²) in [6.07, 6.45) is 1.52. The predicted molar refractivity (Wildman–Crippen MR) is 132 cm³/mol. The van der Waals surface area contributed by atoms with Gasteiger partial charge in [-0.3, -0.25) is 4.79 Å². The lowest BCUT2D eigenvalue weighted by Gasteiger charge is -2.04. The molecule has 5 rings (SSSR count). The first-order chi connectivity index (χ1) is 16.2. The zero-order chi connectivity index (χ0) is 22.8. The number of hydrogen-bond acceptors (Lipinski definition) is 5. The van der Waals surface area contributed by atoms with Crippen molar-refractivity contribution in [2.75, 3.05) is 0 Å². The first-order valence-electron chi connectivity index (χ1n) is 10.6. The van der Waals surface area contributed by atoms with Crippen molar-refractivity contribution in [3.05, 3.63) is 106 Å². The summed E-state index contributed by atoms with van der Waals surface area (Å²) in [5.41, 5.74) is 4.75. The third-order valence-electron chi connectivity index (χ3n) is 5.60. The van der Waals surface area contributed by atoms with E-state index >= 15 is 0 Å². The summed E-state index contributed by atoms with van der Waals surface area (Å²) in [4.78, 5) is 30.0. The molecule has 0 atom stereocenters. The lowest BCUT2D eigenvalue weighted by Crippen LogP contribution is -2.00. The third kappa shape index (κ3) is 3.97. The molecule has 0 spiro atoms. The Kier molecular flexibility index (Phi) is 5.59. The molecular formula is C27H20N2O3S. The van der Waals surface area contributed by atoms with Crippen molar-refractivity contribution in [1.82, 2.24) is 4.57 Å². The van der Waals surface area contributed by atoms with Gasteiger partial charge in [0, 0.05) is 44.9 Å². The Bertz CT molecular complexity index is 1500. The summed E-state index contributed by atoms with van der Waals surface area (Å²) < 4.78 is 2.22. The monoisotopic (exact) mass is 452 g/mol. The maximum Gasteiger partial charge on any atom is 0.365 e. The number of oxime groups is 1. The van der Waals surface area contributed by atoms with E-state index in [2.05, 4.69) is 16.6 Å². The molecular weight excluding hydrogens is 432 g/mol. The average Bonchev–Trinajstić information content (AvgIpc) is 3.50. The van der Waals surface area contributed by atoms with Gasteiger partial charge in [-0.25, -0.2) is 4.79 Å². The number of fused-ring (bicyclic) bond motifs is 3. The lowest BCUT2D eigenvalue weighted by atomic mass is 10.0. The number of benzene rings is 3. The largest absolute Gasteiger partial charge is 0.365 e. The van der Waals surface area contributed by atoms with Gasteiger partial charge >= 0.3 is 5.97 Å². The molecule has 0 N–H and O–H groups in total. The van der Waals surface area contributed by atoms with E-state index in [1.165, 1.54) is 17.6 Å². The minimum absolute atomic E-state index is 0.0149. The average molecular weight is 453 g/mol. The topological polar surface area (TPSA) is 60.7 Å². The minimum atomic E-state index is -0.507. The van der Waals surface area contributed by atoms with Gasteiger partial charge in [-0.1, -0.05) is 29.4 Å². The number of aryl methyl sites for hydroxylation is 1. The first-order valence-corrected chi connectivity index (χ1v) is 11.5. The summed E-state index contributed by atoms with van der Waals surface area (Å²) in [6.45, 7) is 2.90. The molecule has 0 aliphatic heterocycles. The highest BCUT2D eigenvalue weighted by Crippen LogP contribution is 2.31. The second kappa shape index (κ2) is 8.84. The molecule has 0 unspecified atom stereocenters. The molecule has 162 valence electrons. The van der Waals surface area contributed by atoms with E-state index in [-0.39, 0.29) is 5.78 Å². The summed E-state index contributed by atoms with van der Waals surface area (Å²) in [7, 11) is 0. The highest BCUT2D eigenvalue weighted by molar-refractivity contribution is 7.08. The zero-order valence-electron chi connectivity index (χ0n) is 17.9. The number of hydrogen-bond donors (Lipinski definition) is 0. The smallest absolute Gasteiger partial charge is 0.341 e. The van der Waals surface area contributed by atoms with Gasteiger partial charge in [-0.05, 0) is 66.4 Å². The van der Waals surface area contributed by atoms with Gasteiger partial charge in [0.15, 0.2) is 5.78 Å². The van der Waals surface area contributed by atoms with E-state index in [0.29, 0.717) is 16.7 Å². The van der Waals surface area contributed by atoms with Gasteiger partial charge in [-0.2, -0.15) is 11.3 Å². The minimum Gasteiger partial charge on any atom is -0.341 e. The Morgan fingerprint density at radius 3 is 2.39 bits per heavy atom. The van der Waals surface area contributed by atoms with Crippen LogP contribution in [0.3, 0.4) is 0 Å². The van der Waals surface area contributed by atoms with Gasteiger partial charge < -0.3 is 9.40 Å². The van der Waals surface area contributed by atoms with E-state index in [0.717, 1.165) is 33.9 Å². The molecule has 0 saturated carbocycles. The number of carbonyl (C=O) groups excluding carboxylic acids is 2. The van der Waals surface area contributed by atoms with Crippen LogP contribution in [0.1, 0.15) is 38.8 Å². The van der Waals surface area contributed by atoms with E-state index in [1.54, 1.807) is 24.3 Å². The van der Waals surface area contributed by atoms with Crippen LogP contribution in [0.15, 0.2) is 88.7 Å². The first kappa shape index (κ1) is 20.8. The van der Waals surface area contributed by atoms with Crippen LogP contribution in [0.4, 0.5) is 0 Å². The van der Waals surface area contributed by atoms with E-state index in [1.807, 2.05) is 59.3 Å². The molecule has 6 heteroatoms. The molecule has 0 fully saturated rings. The molecule has 33 heavy (non-hydrogen) atoms. The van der Waals surface area contributed by atoms with Crippen LogP contribution < -0.4 is 0 Å². The van der Waals surface area contributed by atoms with Gasteiger partial charge in [0.2, 0.25) is 0 Å². The Morgan fingerprint density at radius 1 is 0.909 bits per heavy atom. The van der Waals surface area contributed by atoms with Gasteiger partial charge in [0.05, 0.1) is 11.8 Å². The fourth-order valence-corrected chi connectivity index (χ4v) is 4.64. The molecule has 0 saturated heterocycles. The number of carbonyl (C=O) groups is 2. The maximum atomic E-state index is 12.9. The van der Waals surface area contributed by atoms with Crippen molar-refractivity contribution < 1.29 is 14.4 Å². The van der Waals surface area contributed by atoms with Crippen molar-refractivity contribution in [2.45, 2.75) is 13.5 Å². The number of aromatic nitrogens is 1. The highest BCUT2D eigenvalue weighted by atomic mass is 32.1. The fourth-order valence-electron chi connectivity index (χ4n) is 4.01. The van der Waals surface area contributed by atoms with Gasteiger partial charge in [-0.15, -0.1) is 0 Å². The zero-order valence-corrected chi connectivity index (χ0v) is 18.7. The summed E-state index contributed by atoms with van der Waals surface area (Å²) in [5.74, 6) is -0.492. The van der Waals surface area contributed by atoms with Crippen molar-refractivity contribution in [3.63, 3.8) is 0 Å². The molecule has 0 bridgehead atoms. The third-order valence-corrected chi connectivity index (χ3v) is 6.28. The Hall–Kier alpha value is -4.03. The Labute approximate surface area is 194 Å². The van der Waals surface area contributed by atoms with Gasteiger partial charge in [0.1, 0.15) is 0 Å². The number of rotatable bonds is 6. The Morgan fingerprint density at radius 2 is 1.67 bits per heavy atom. The Balaban J connectivity index is 1.50. The number of nitrogens with zero attached hydrogens (tertiary/aromatic N) is 2. The van der Waals surface area contributed by atoms with Crippen molar-refractivity contribution in [3.8, 4) is 0 Å². The normalized spacial score (nSPS) is 11.4. The van der Waals surface area contributed by atoms with Crippen LogP contribution in [0.25, 0.3) is 21.8 Å². The fraction of sp³-hybridized carbons (Fsp3) is 0.0741. The van der Waals surface area contributed by atoms with Crippen LogP contribution in [0.2, 0.25) is 0 Å². The van der Waals surface area contributed by atoms with Crippen LogP contribution in [-0.4, -0.2) is 22.5 Å². The number of ketones is 1. The predicted octanol–water partition coefficient (Wildman–Crippen LogP) is 6.30. The van der Waals surface area contributed by atoms with Crippen LogP contribution in [0.5, 0.6) is 0 Å². The van der Waals surface area contributed by atoms with Crippen LogP contribution >= 0.6 is 11.3 Å². The van der Waals surface area contributed by atoms with E-state index in [4.69, 9.17) is 4.84 Å². The molecule has 2 aromatic heterocycles. The quantitative estimate of drug-likeness (QED) is 0.131. The molecule has 5 nitrogen and oxygen atoms in total. The summed E-state index contributed by atoms with van der Waals surface area (Å²) >= 11 is 1.51. The van der Waals surface area contributed by atoms with Crippen molar-refractivity contribution in [1.29, 1.82) is 0 Å². The highest BCUT2D eigenvalue weighted by Gasteiger charge is 2.15.